The number of phenolic OH excluding ortho intramolecular Hbond substituents is 1. The number of amides is 1. The minimum absolute atomic E-state index is 0.0354. The summed E-state index contributed by atoms with van der Waals surface area (Å²) >= 11 is 0. The number of nitrogens with one attached hydrogen (secondary N) is 1. The van der Waals surface area contributed by atoms with Gasteiger partial charge in [-0.25, -0.2) is 5.43 Å². The Hall–Kier alpha value is -2.04. The Bertz CT molecular complexity index is 494. The molecular weight excluding hydrogens is 256 g/mol. The van der Waals surface area contributed by atoms with Crippen LogP contribution < -0.4 is 10.2 Å². The molecule has 1 aromatic rings. The summed E-state index contributed by atoms with van der Waals surface area (Å²) in [6.07, 6.45) is 5.53. The zero-order valence-corrected chi connectivity index (χ0v) is 11.6. The first-order chi connectivity index (χ1) is 9.72. The van der Waals surface area contributed by atoms with Gasteiger partial charge in [-0.1, -0.05) is 18.9 Å². The van der Waals surface area contributed by atoms with Crippen molar-refractivity contribution in [2.45, 2.75) is 32.6 Å². The fraction of sp³-hybridized carbons (Fsp3) is 0.467. The lowest BCUT2D eigenvalue weighted by atomic mass is 10.1. The summed E-state index contributed by atoms with van der Waals surface area (Å²) in [5.74, 6) is 0.487. The Kier molecular flexibility index (Phi) is 4.98. The van der Waals surface area contributed by atoms with Crippen molar-refractivity contribution in [2.75, 3.05) is 6.61 Å². The quantitative estimate of drug-likeness (QED) is 0.641. The normalized spacial score (nSPS) is 15.7. The summed E-state index contributed by atoms with van der Waals surface area (Å²) in [5.41, 5.74) is 3.05. The van der Waals surface area contributed by atoms with Crippen LogP contribution in [0.3, 0.4) is 0 Å². The molecule has 1 saturated carbocycles. The molecule has 0 aromatic heterocycles. The van der Waals surface area contributed by atoms with Crippen LogP contribution in [0.5, 0.6) is 11.5 Å². The molecule has 0 aliphatic heterocycles. The second-order valence-corrected chi connectivity index (χ2v) is 4.84. The molecule has 0 spiro atoms. The van der Waals surface area contributed by atoms with E-state index < -0.39 is 0 Å². The summed E-state index contributed by atoms with van der Waals surface area (Å²) in [6.45, 7) is 2.33. The van der Waals surface area contributed by atoms with Gasteiger partial charge in [0.15, 0.2) is 11.5 Å². The standard InChI is InChI=1S/C15H20N2O3/c1-2-20-13-9-5-8-12(14(13)18)10-16-17-15(19)11-6-3-4-7-11/h5,8-11,18H,2-4,6-7H2,1H3,(H,17,19)/b16-10-. The zero-order chi connectivity index (χ0) is 14.4. The lowest BCUT2D eigenvalue weighted by Crippen LogP contribution is -2.24. The molecule has 0 unspecified atom stereocenters. The highest BCUT2D eigenvalue weighted by atomic mass is 16.5. The molecule has 2 N–H and O–H groups in total. The lowest BCUT2D eigenvalue weighted by molar-refractivity contribution is -0.124. The van der Waals surface area contributed by atoms with Crippen LogP contribution in [0.1, 0.15) is 38.2 Å². The van der Waals surface area contributed by atoms with Crippen LogP contribution in [0, 0.1) is 5.92 Å². The summed E-state index contributed by atoms with van der Waals surface area (Å²) in [4.78, 5) is 11.8. The van der Waals surface area contributed by atoms with Crippen LogP contribution >= 0.6 is 0 Å². The third kappa shape index (κ3) is 3.50. The van der Waals surface area contributed by atoms with Gasteiger partial charge in [0.05, 0.1) is 12.8 Å². The number of carbonyl (C=O) groups excluding carboxylic acids is 1. The molecule has 1 fully saturated rings. The number of ether oxygens (including phenoxy) is 1. The Labute approximate surface area is 118 Å². The van der Waals surface area contributed by atoms with Gasteiger partial charge in [0, 0.05) is 11.5 Å². The Morgan fingerprint density at radius 2 is 2.25 bits per heavy atom. The Morgan fingerprint density at radius 1 is 1.50 bits per heavy atom. The van der Waals surface area contributed by atoms with Crippen molar-refractivity contribution >= 4 is 12.1 Å². The Morgan fingerprint density at radius 3 is 2.95 bits per heavy atom. The zero-order valence-electron chi connectivity index (χ0n) is 11.6. The van der Waals surface area contributed by atoms with E-state index in [1.165, 1.54) is 6.21 Å². The van der Waals surface area contributed by atoms with E-state index >= 15 is 0 Å². The summed E-state index contributed by atoms with van der Waals surface area (Å²) in [6, 6.07) is 5.17. The number of hydrazone groups is 1. The molecule has 0 bridgehead atoms. The van der Waals surface area contributed by atoms with Crippen molar-refractivity contribution in [2.24, 2.45) is 11.0 Å². The van der Waals surface area contributed by atoms with Gasteiger partial charge in [-0.15, -0.1) is 0 Å². The molecule has 0 atom stereocenters. The van der Waals surface area contributed by atoms with E-state index in [1.807, 2.05) is 6.92 Å². The number of nitrogens with zero attached hydrogens (tertiary/aromatic N) is 1. The molecular formula is C15H20N2O3. The second-order valence-electron chi connectivity index (χ2n) is 4.84. The van der Waals surface area contributed by atoms with Gasteiger partial charge in [0.2, 0.25) is 5.91 Å². The van der Waals surface area contributed by atoms with Gasteiger partial charge in [-0.2, -0.15) is 5.10 Å². The minimum atomic E-state index is -0.0424. The van der Waals surface area contributed by atoms with Crippen LogP contribution in [0.15, 0.2) is 23.3 Å². The van der Waals surface area contributed by atoms with Crippen molar-refractivity contribution in [3.63, 3.8) is 0 Å². The maximum absolute atomic E-state index is 11.8. The second kappa shape index (κ2) is 6.93. The lowest BCUT2D eigenvalue weighted by Gasteiger charge is -2.08. The van der Waals surface area contributed by atoms with Gasteiger partial charge >= 0.3 is 0 Å². The molecule has 0 heterocycles. The third-order valence-electron chi connectivity index (χ3n) is 3.43. The molecule has 0 saturated heterocycles. The molecule has 20 heavy (non-hydrogen) atoms. The highest BCUT2D eigenvalue weighted by molar-refractivity contribution is 5.86. The average molecular weight is 276 g/mol. The van der Waals surface area contributed by atoms with Gasteiger partial charge in [-0.05, 0) is 31.9 Å². The average Bonchev–Trinajstić information content (AvgIpc) is 2.97. The van der Waals surface area contributed by atoms with Crippen molar-refractivity contribution in [3.8, 4) is 11.5 Å². The number of rotatable bonds is 5. The molecule has 1 aliphatic carbocycles. The van der Waals surface area contributed by atoms with Crippen molar-refractivity contribution < 1.29 is 14.6 Å². The summed E-state index contributed by atoms with van der Waals surface area (Å²) in [7, 11) is 0. The molecule has 1 aromatic carbocycles. The molecule has 108 valence electrons. The van der Waals surface area contributed by atoms with Crippen LogP contribution in [0.25, 0.3) is 0 Å². The van der Waals surface area contributed by atoms with Crippen LogP contribution in [-0.2, 0) is 4.79 Å². The number of carbonyl (C=O) groups is 1. The van der Waals surface area contributed by atoms with Crippen LogP contribution in [0.4, 0.5) is 0 Å². The van der Waals surface area contributed by atoms with E-state index in [0.29, 0.717) is 17.9 Å². The molecule has 5 heteroatoms. The fourth-order valence-electron chi connectivity index (χ4n) is 2.36. The minimum Gasteiger partial charge on any atom is -0.504 e. The highest BCUT2D eigenvalue weighted by Crippen LogP contribution is 2.28. The predicted molar refractivity (Wildman–Crippen MR) is 77.0 cm³/mol. The molecule has 5 nitrogen and oxygen atoms in total. The molecule has 2 rings (SSSR count). The first-order valence-electron chi connectivity index (χ1n) is 7.00. The number of aromatic hydroxyl groups is 1. The summed E-state index contributed by atoms with van der Waals surface area (Å²) in [5, 5.41) is 13.9. The van der Waals surface area contributed by atoms with E-state index in [4.69, 9.17) is 4.74 Å². The topological polar surface area (TPSA) is 70.9 Å². The maximum atomic E-state index is 11.8. The van der Waals surface area contributed by atoms with Crippen LogP contribution in [0.2, 0.25) is 0 Å². The first-order valence-corrected chi connectivity index (χ1v) is 7.00. The van der Waals surface area contributed by atoms with Gasteiger partial charge in [0.1, 0.15) is 0 Å². The van der Waals surface area contributed by atoms with E-state index in [2.05, 4.69) is 10.5 Å². The SMILES string of the molecule is CCOc1cccc(/C=N\NC(=O)C2CCCC2)c1O. The van der Waals surface area contributed by atoms with E-state index in [9.17, 15) is 9.90 Å². The smallest absolute Gasteiger partial charge is 0.243 e. The number of hydrogen-bond donors (Lipinski definition) is 2. The maximum Gasteiger partial charge on any atom is 0.243 e. The van der Waals surface area contributed by atoms with E-state index in [1.54, 1.807) is 18.2 Å². The van der Waals surface area contributed by atoms with Gasteiger partial charge in [-0.3, -0.25) is 4.79 Å². The number of phenols is 1. The predicted octanol–water partition coefficient (Wildman–Crippen LogP) is 2.43. The monoisotopic (exact) mass is 276 g/mol. The van der Waals surface area contributed by atoms with Crippen molar-refractivity contribution in [1.82, 2.24) is 5.43 Å². The number of para-hydroxylation sites is 1. The van der Waals surface area contributed by atoms with E-state index in [0.717, 1.165) is 25.7 Å². The fourth-order valence-corrected chi connectivity index (χ4v) is 2.36. The van der Waals surface area contributed by atoms with Crippen molar-refractivity contribution in [3.05, 3.63) is 23.8 Å². The molecule has 1 aliphatic rings. The first kappa shape index (κ1) is 14.4. The van der Waals surface area contributed by atoms with Gasteiger partial charge in [0.25, 0.3) is 0 Å². The molecule has 1 amide bonds. The number of benzene rings is 1. The van der Waals surface area contributed by atoms with Crippen LogP contribution in [-0.4, -0.2) is 23.8 Å². The van der Waals surface area contributed by atoms with Gasteiger partial charge < -0.3 is 9.84 Å². The summed E-state index contributed by atoms with van der Waals surface area (Å²) < 4.78 is 5.29. The third-order valence-corrected chi connectivity index (χ3v) is 3.43. The Balaban J connectivity index is 1.97. The van der Waals surface area contributed by atoms with Crippen molar-refractivity contribution in [1.29, 1.82) is 0 Å². The largest absolute Gasteiger partial charge is 0.504 e. The van der Waals surface area contributed by atoms with E-state index in [-0.39, 0.29) is 17.6 Å². The number of hydrogen-bond acceptors (Lipinski definition) is 4. The highest BCUT2D eigenvalue weighted by Gasteiger charge is 2.22. The molecule has 0 radical (unpaired) electrons.